The maximum Gasteiger partial charge on any atom is 0.251 e. The number of carbonyl (C=O) groups excluding carboxylic acids is 1. The third kappa shape index (κ3) is 6.46. The average molecular weight is 387 g/mol. The summed E-state index contributed by atoms with van der Waals surface area (Å²) in [6, 6.07) is 11.3. The predicted molar refractivity (Wildman–Crippen MR) is 108 cm³/mol. The van der Waals surface area contributed by atoms with E-state index in [9.17, 15) is 15.0 Å². The van der Waals surface area contributed by atoms with Crippen molar-refractivity contribution in [2.24, 2.45) is 0 Å². The molecule has 0 radical (unpaired) electrons. The molecule has 0 fully saturated rings. The number of aromatic hydroxyl groups is 1. The number of ether oxygens (including phenoxy) is 2. The summed E-state index contributed by atoms with van der Waals surface area (Å²) in [5, 5.41) is 21.8. The van der Waals surface area contributed by atoms with Crippen LogP contribution < -0.4 is 14.8 Å². The van der Waals surface area contributed by atoms with Gasteiger partial charge in [-0.3, -0.25) is 4.79 Å². The highest BCUT2D eigenvalue weighted by molar-refractivity contribution is 5.95. The minimum atomic E-state index is -0.437. The molecule has 1 amide bonds. The quantitative estimate of drug-likeness (QED) is 0.515. The summed E-state index contributed by atoms with van der Waals surface area (Å²) in [6.07, 6.45) is 3.58. The van der Waals surface area contributed by atoms with Gasteiger partial charge in [0.15, 0.2) is 11.5 Å². The molecule has 2 aromatic rings. The van der Waals surface area contributed by atoms with Gasteiger partial charge in [0.05, 0.1) is 26.4 Å². The highest BCUT2D eigenvalue weighted by atomic mass is 16.5. The van der Waals surface area contributed by atoms with E-state index in [4.69, 9.17) is 9.47 Å². The van der Waals surface area contributed by atoms with E-state index in [0.717, 1.165) is 24.8 Å². The van der Waals surface area contributed by atoms with Gasteiger partial charge < -0.3 is 25.0 Å². The van der Waals surface area contributed by atoms with Gasteiger partial charge in [-0.15, -0.1) is 0 Å². The molecule has 2 aromatic carbocycles. The molecule has 0 spiro atoms. The lowest BCUT2D eigenvalue weighted by molar-refractivity contribution is 0.0916. The molecule has 0 aromatic heterocycles. The Bertz CT molecular complexity index is 745. The third-order valence-electron chi connectivity index (χ3n) is 4.41. The zero-order chi connectivity index (χ0) is 20.4. The number of carbonyl (C=O) groups is 1. The van der Waals surface area contributed by atoms with E-state index in [1.54, 1.807) is 49.6 Å². The Morgan fingerprint density at radius 1 is 1.11 bits per heavy atom. The molecule has 28 heavy (non-hydrogen) atoms. The fourth-order valence-electron chi connectivity index (χ4n) is 2.81. The molecule has 0 saturated carbocycles. The van der Waals surface area contributed by atoms with E-state index in [2.05, 4.69) is 12.2 Å². The molecule has 6 heteroatoms. The second-order valence-electron chi connectivity index (χ2n) is 6.64. The van der Waals surface area contributed by atoms with Gasteiger partial charge >= 0.3 is 0 Å². The van der Waals surface area contributed by atoms with Crippen LogP contribution in [0.2, 0.25) is 0 Å². The number of unbranched alkanes of at least 4 members (excludes halogenated alkanes) is 2. The number of nitrogens with one attached hydrogen (secondary N) is 1. The van der Waals surface area contributed by atoms with Gasteiger partial charge in [0.1, 0.15) is 5.75 Å². The molecule has 0 aliphatic carbocycles. The number of rotatable bonds is 11. The molecule has 2 rings (SSSR count). The number of benzene rings is 2. The van der Waals surface area contributed by atoms with Crippen molar-refractivity contribution in [2.45, 2.75) is 38.6 Å². The van der Waals surface area contributed by atoms with Crippen LogP contribution in [0.3, 0.4) is 0 Å². The van der Waals surface area contributed by atoms with Crippen LogP contribution in [0.4, 0.5) is 0 Å². The number of amides is 1. The Hall–Kier alpha value is -2.73. The van der Waals surface area contributed by atoms with Crippen molar-refractivity contribution in [2.75, 3.05) is 20.3 Å². The van der Waals surface area contributed by atoms with Gasteiger partial charge in [-0.25, -0.2) is 0 Å². The summed E-state index contributed by atoms with van der Waals surface area (Å²) in [4.78, 5) is 12.6. The molecular formula is C22H29NO5. The summed E-state index contributed by atoms with van der Waals surface area (Å²) >= 11 is 0. The first-order chi connectivity index (χ1) is 13.6. The third-order valence-corrected chi connectivity index (χ3v) is 4.41. The van der Waals surface area contributed by atoms with Crippen LogP contribution in [0.1, 0.15) is 42.1 Å². The summed E-state index contributed by atoms with van der Waals surface area (Å²) < 4.78 is 11.1. The summed E-state index contributed by atoms with van der Waals surface area (Å²) in [6.45, 7) is 2.50. The molecule has 0 heterocycles. The Morgan fingerprint density at radius 3 is 2.50 bits per heavy atom. The highest BCUT2D eigenvalue weighted by Crippen LogP contribution is 2.28. The first-order valence-electron chi connectivity index (χ1n) is 9.57. The molecule has 1 atom stereocenters. The van der Waals surface area contributed by atoms with Crippen LogP contribution in [0, 0.1) is 0 Å². The van der Waals surface area contributed by atoms with Crippen molar-refractivity contribution in [1.29, 1.82) is 0 Å². The normalized spacial score (nSPS) is 11.7. The highest BCUT2D eigenvalue weighted by Gasteiger charge is 2.16. The standard InChI is InChI=1S/C22H29NO5/c1-3-4-5-12-28-21-14-17(8-11-20(21)27-2)22(26)23-18(15-24)13-16-6-9-19(25)10-7-16/h6-11,14,18,24-25H,3-5,12-13,15H2,1-2H3,(H,23,26). The van der Waals surface area contributed by atoms with Crippen molar-refractivity contribution < 1.29 is 24.5 Å². The van der Waals surface area contributed by atoms with Gasteiger partial charge in [-0.2, -0.15) is 0 Å². The van der Waals surface area contributed by atoms with Crippen molar-refractivity contribution in [1.82, 2.24) is 5.32 Å². The SMILES string of the molecule is CCCCCOc1cc(C(=O)NC(CO)Cc2ccc(O)cc2)ccc1OC. The lowest BCUT2D eigenvalue weighted by Crippen LogP contribution is -2.39. The number of hydrogen-bond donors (Lipinski definition) is 3. The number of phenolic OH excluding ortho intramolecular Hbond substituents is 1. The lowest BCUT2D eigenvalue weighted by Gasteiger charge is -2.17. The number of methoxy groups -OCH3 is 1. The summed E-state index contributed by atoms with van der Waals surface area (Å²) in [5.74, 6) is 0.998. The Balaban J connectivity index is 2.03. The van der Waals surface area contributed by atoms with Crippen molar-refractivity contribution >= 4 is 5.91 Å². The van der Waals surface area contributed by atoms with Crippen LogP contribution in [-0.2, 0) is 6.42 Å². The summed E-state index contributed by atoms with van der Waals surface area (Å²) in [5.41, 5.74) is 1.35. The Labute approximate surface area is 166 Å². The number of hydrogen-bond acceptors (Lipinski definition) is 5. The van der Waals surface area contributed by atoms with Gasteiger partial charge in [0.2, 0.25) is 0 Å². The number of aliphatic hydroxyl groups excluding tert-OH is 1. The van der Waals surface area contributed by atoms with Gasteiger partial charge in [0, 0.05) is 5.56 Å². The van der Waals surface area contributed by atoms with Gasteiger partial charge in [-0.1, -0.05) is 31.9 Å². The van der Waals surface area contributed by atoms with Gasteiger partial charge in [0.25, 0.3) is 5.91 Å². The largest absolute Gasteiger partial charge is 0.508 e. The molecule has 0 aliphatic rings. The van der Waals surface area contributed by atoms with E-state index in [1.807, 2.05) is 0 Å². The molecule has 0 bridgehead atoms. The molecule has 6 nitrogen and oxygen atoms in total. The number of aliphatic hydroxyl groups is 1. The maximum absolute atomic E-state index is 12.6. The fraction of sp³-hybridized carbons (Fsp3) is 0.409. The average Bonchev–Trinajstić information content (AvgIpc) is 2.72. The molecule has 0 aliphatic heterocycles. The lowest BCUT2D eigenvalue weighted by atomic mass is 10.1. The Kier molecular flexibility index (Phi) is 8.62. The predicted octanol–water partition coefficient (Wildman–Crippen LogP) is 3.30. The zero-order valence-electron chi connectivity index (χ0n) is 16.5. The van der Waals surface area contributed by atoms with E-state index in [-0.39, 0.29) is 18.3 Å². The molecular weight excluding hydrogens is 358 g/mol. The van der Waals surface area contributed by atoms with E-state index in [0.29, 0.717) is 30.1 Å². The van der Waals surface area contributed by atoms with Gasteiger partial charge in [-0.05, 0) is 48.7 Å². The molecule has 0 saturated heterocycles. The van der Waals surface area contributed by atoms with Crippen LogP contribution in [0.25, 0.3) is 0 Å². The van der Waals surface area contributed by atoms with E-state index in [1.165, 1.54) is 0 Å². The minimum Gasteiger partial charge on any atom is -0.508 e. The minimum absolute atomic E-state index is 0.179. The molecule has 152 valence electrons. The smallest absolute Gasteiger partial charge is 0.251 e. The molecule has 1 unspecified atom stereocenters. The number of phenols is 1. The van der Waals surface area contributed by atoms with Crippen molar-refractivity contribution in [3.05, 3.63) is 53.6 Å². The zero-order valence-corrected chi connectivity index (χ0v) is 16.5. The monoisotopic (exact) mass is 387 g/mol. The van der Waals surface area contributed by atoms with Crippen LogP contribution in [0.5, 0.6) is 17.2 Å². The first kappa shape index (κ1) is 21.6. The Morgan fingerprint density at radius 2 is 1.86 bits per heavy atom. The topological polar surface area (TPSA) is 88.0 Å². The van der Waals surface area contributed by atoms with Crippen molar-refractivity contribution in [3.8, 4) is 17.2 Å². The maximum atomic E-state index is 12.6. The molecule has 3 N–H and O–H groups in total. The van der Waals surface area contributed by atoms with E-state index < -0.39 is 6.04 Å². The van der Waals surface area contributed by atoms with Crippen LogP contribution >= 0.6 is 0 Å². The van der Waals surface area contributed by atoms with Crippen molar-refractivity contribution in [3.63, 3.8) is 0 Å². The van der Waals surface area contributed by atoms with E-state index >= 15 is 0 Å². The van der Waals surface area contributed by atoms with Crippen LogP contribution in [0.15, 0.2) is 42.5 Å². The summed E-state index contributed by atoms with van der Waals surface area (Å²) in [7, 11) is 1.56. The second-order valence-corrected chi connectivity index (χ2v) is 6.64. The van der Waals surface area contributed by atoms with Crippen LogP contribution in [-0.4, -0.2) is 42.5 Å². The second kappa shape index (κ2) is 11.2. The fourth-order valence-corrected chi connectivity index (χ4v) is 2.81. The first-order valence-corrected chi connectivity index (χ1v) is 9.57.